The molecule has 0 heterocycles. The molecule has 3 rings (SSSR count). The molecule has 2 amide bonds. The van der Waals surface area contributed by atoms with Gasteiger partial charge in [-0.3, -0.25) is 9.59 Å². The molecule has 4 nitrogen and oxygen atoms in total. The maximum Gasteiger partial charge on any atom is 0.251 e. The number of nitrogens with one attached hydrogen (secondary N) is 2. The van der Waals surface area contributed by atoms with E-state index in [-0.39, 0.29) is 24.3 Å². The number of carbonyl (C=O) groups excluding carboxylic acids is 2. The highest BCUT2D eigenvalue weighted by atomic mass is 79.9. The Balaban J connectivity index is 1.70. The third-order valence-corrected chi connectivity index (χ3v) is 5.21. The topological polar surface area (TPSA) is 58.2 Å². The second-order valence-corrected chi connectivity index (χ2v) is 7.76. The molecule has 3 aromatic rings. The Labute approximate surface area is 179 Å². The van der Waals surface area contributed by atoms with Gasteiger partial charge in [-0.05, 0) is 42.3 Å². The van der Waals surface area contributed by atoms with E-state index in [1.165, 1.54) is 0 Å². The molecular formula is C24H23BrN2O2. The Morgan fingerprint density at radius 3 is 2.00 bits per heavy atom. The SMILES string of the molecule is CC(NC(=O)CC(NC(=O)c1ccccc1)c1ccccc1)c1ccc(Br)cc1. The predicted octanol–water partition coefficient (Wildman–Crippen LogP) is 5.19. The maximum atomic E-state index is 12.7. The van der Waals surface area contributed by atoms with E-state index in [0.717, 1.165) is 15.6 Å². The number of carbonyl (C=O) groups is 2. The highest BCUT2D eigenvalue weighted by molar-refractivity contribution is 9.10. The van der Waals surface area contributed by atoms with Crippen LogP contribution >= 0.6 is 15.9 Å². The molecule has 148 valence electrons. The lowest BCUT2D eigenvalue weighted by Crippen LogP contribution is -2.34. The number of halogens is 1. The van der Waals surface area contributed by atoms with Gasteiger partial charge in [0.1, 0.15) is 0 Å². The van der Waals surface area contributed by atoms with E-state index >= 15 is 0 Å². The van der Waals surface area contributed by atoms with Crippen molar-refractivity contribution < 1.29 is 9.59 Å². The minimum Gasteiger partial charge on any atom is -0.350 e. The van der Waals surface area contributed by atoms with Crippen LogP contribution in [0.2, 0.25) is 0 Å². The summed E-state index contributed by atoms with van der Waals surface area (Å²) in [4.78, 5) is 25.4. The van der Waals surface area contributed by atoms with Crippen LogP contribution in [0.3, 0.4) is 0 Å². The van der Waals surface area contributed by atoms with Crippen LogP contribution in [0.1, 0.15) is 46.9 Å². The largest absolute Gasteiger partial charge is 0.350 e. The summed E-state index contributed by atoms with van der Waals surface area (Å²) in [5.74, 6) is -0.323. The molecule has 3 aromatic carbocycles. The third kappa shape index (κ3) is 6.03. The maximum absolute atomic E-state index is 12.7. The quantitative estimate of drug-likeness (QED) is 0.520. The van der Waals surface area contributed by atoms with Crippen LogP contribution in [-0.2, 0) is 4.79 Å². The molecule has 5 heteroatoms. The molecule has 0 aliphatic rings. The van der Waals surface area contributed by atoms with E-state index in [2.05, 4.69) is 26.6 Å². The zero-order valence-electron chi connectivity index (χ0n) is 16.1. The molecule has 0 saturated carbocycles. The summed E-state index contributed by atoms with van der Waals surface area (Å²) in [6.07, 6.45) is 0.156. The lowest BCUT2D eigenvalue weighted by molar-refractivity contribution is -0.122. The molecule has 0 bridgehead atoms. The highest BCUT2D eigenvalue weighted by Gasteiger charge is 2.20. The van der Waals surface area contributed by atoms with Gasteiger partial charge in [-0.15, -0.1) is 0 Å². The van der Waals surface area contributed by atoms with Crippen molar-refractivity contribution in [3.63, 3.8) is 0 Å². The first-order chi connectivity index (χ1) is 14.0. The molecular weight excluding hydrogens is 428 g/mol. The van der Waals surface area contributed by atoms with Gasteiger partial charge in [0.2, 0.25) is 5.91 Å². The first kappa shape index (κ1) is 20.8. The Hall–Kier alpha value is -2.92. The normalized spacial score (nSPS) is 12.6. The van der Waals surface area contributed by atoms with Crippen molar-refractivity contribution in [1.29, 1.82) is 0 Å². The molecule has 0 aromatic heterocycles. The number of benzene rings is 3. The number of hydrogen-bond donors (Lipinski definition) is 2. The fourth-order valence-corrected chi connectivity index (χ4v) is 3.35. The van der Waals surface area contributed by atoms with E-state index in [0.29, 0.717) is 5.56 Å². The van der Waals surface area contributed by atoms with Crippen LogP contribution in [0.5, 0.6) is 0 Å². The Bertz CT molecular complexity index is 944. The standard InChI is InChI=1S/C24H23BrN2O2/c1-17(18-12-14-21(25)15-13-18)26-23(28)16-22(19-8-4-2-5-9-19)27-24(29)20-10-6-3-7-11-20/h2-15,17,22H,16H2,1H3,(H,26,28)(H,27,29). The minimum absolute atomic E-state index is 0.123. The van der Waals surface area contributed by atoms with Crippen LogP contribution < -0.4 is 10.6 Å². The second-order valence-electron chi connectivity index (χ2n) is 6.85. The Morgan fingerprint density at radius 2 is 1.38 bits per heavy atom. The molecule has 2 N–H and O–H groups in total. The van der Waals surface area contributed by atoms with Crippen molar-refractivity contribution in [3.8, 4) is 0 Å². The van der Waals surface area contributed by atoms with Gasteiger partial charge in [0.15, 0.2) is 0 Å². The van der Waals surface area contributed by atoms with Crippen LogP contribution in [0.15, 0.2) is 89.4 Å². The summed E-state index contributed by atoms with van der Waals surface area (Å²) in [5.41, 5.74) is 2.48. The van der Waals surface area contributed by atoms with E-state index in [1.807, 2.05) is 79.7 Å². The van der Waals surface area contributed by atoms with Gasteiger partial charge in [0, 0.05) is 10.0 Å². The zero-order chi connectivity index (χ0) is 20.6. The molecule has 0 saturated heterocycles. The summed E-state index contributed by atoms with van der Waals surface area (Å²) in [6, 6.07) is 25.9. The molecule has 0 fully saturated rings. The molecule has 2 atom stereocenters. The molecule has 0 aliphatic heterocycles. The monoisotopic (exact) mass is 450 g/mol. The predicted molar refractivity (Wildman–Crippen MR) is 118 cm³/mol. The zero-order valence-corrected chi connectivity index (χ0v) is 17.7. The van der Waals surface area contributed by atoms with Gasteiger partial charge in [0.05, 0.1) is 18.5 Å². The van der Waals surface area contributed by atoms with Crippen molar-refractivity contribution >= 4 is 27.7 Å². The number of amides is 2. The van der Waals surface area contributed by atoms with Crippen LogP contribution in [-0.4, -0.2) is 11.8 Å². The van der Waals surface area contributed by atoms with Crippen LogP contribution in [0, 0.1) is 0 Å². The Morgan fingerprint density at radius 1 is 0.793 bits per heavy atom. The van der Waals surface area contributed by atoms with Crippen molar-refractivity contribution in [2.45, 2.75) is 25.4 Å². The minimum atomic E-state index is -0.416. The third-order valence-electron chi connectivity index (χ3n) is 4.68. The van der Waals surface area contributed by atoms with Gasteiger partial charge in [-0.25, -0.2) is 0 Å². The van der Waals surface area contributed by atoms with Gasteiger partial charge in [-0.1, -0.05) is 76.6 Å². The van der Waals surface area contributed by atoms with E-state index < -0.39 is 6.04 Å². The fraction of sp³-hybridized carbons (Fsp3) is 0.167. The lowest BCUT2D eigenvalue weighted by Gasteiger charge is -2.21. The molecule has 29 heavy (non-hydrogen) atoms. The first-order valence-corrected chi connectivity index (χ1v) is 10.3. The fourth-order valence-electron chi connectivity index (χ4n) is 3.09. The van der Waals surface area contributed by atoms with E-state index in [1.54, 1.807) is 12.1 Å². The summed E-state index contributed by atoms with van der Waals surface area (Å²) in [7, 11) is 0. The number of rotatable bonds is 7. The molecule has 0 radical (unpaired) electrons. The summed E-state index contributed by atoms with van der Waals surface area (Å²) in [5, 5.41) is 6.02. The summed E-state index contributed by atoms with van der Waals surface area (Å²) >= 11 is 3.42. The highest BCUT2D eigenvalue weighted by Crippen LogP contribution is 2.20. The van der Waals surface area contributed by atoms with Crippen LogP contribution in [0.25, 0.3) is 0 Å². The van der Waals surface area contributed by atoms with Crippen molar-refractivity contribution in [1.82, 2.24) is 10.6 Å². The van der Waals surface area contributed by atoms with Gasteiger partial charge >= 0.3 is 0 Å². The van der Waals surface area contributed by atoms with Gasteiger partial charge in [0.25, 0.3) is 5.91 Å². The average Bonchev–Trinajstić information content (AvgIpc) is 2.75. The van der Waals surface area contributed by atoms with E-state index in [4.69, 9.17) is 0 Å². The molecule has 0 aliphatic carbocycles. The Kier molecular flexibility index (Phi) is 7.19. The number of hydrogen-bond acceptors (Lipinski definition) is 2. The molecule has 2 unspecified atom stereocenters. The summed E-state index contributed by atoms with van der Waals surface area (Å²) < 4.78 is 0.993. The van der Waals surface area contributed by atoms with Crippen LogP contribution in [0.4, 0.5) is 0 Å². The molecule has 0 spiro atoms. The average molecular weight is 451 g/mol. The van der Waals surface area contributed by atoms with Gasteiger partial charge < -0.3 is 10.6 Å². The van der Waals surface area contributed by atoms with Crippen molar-refractivity contribution in [2.24, 2.45) is 0 Å². The first-order valence-electron chi connectivity index (χ1n) is 9.48. The lowest BCUT2D eigenvalue weighted by atomic mass is 10.0. The van der Waals surface area contributed by atoms with Gasteiger partial charge in [-0.2, -0.15) is 0 Å². The second kappa shape index (κ2) is 10.0. The summed E-state index contributed by atoms with van der Waals surface area (Å²) in [6.45, 7) is 1.95. The van der Waals surface area contributed by atoms with Crippen molar-refractivity contribution in [3.05, 3.63) is 106 Å². The smallest absolute Gasteiger partial charge is 0.251 e. The van der Waals surface area contributed by atoms with E-state index in [9.17, 15) is 9.59 Å². The van der Waals surface area contributed by atoms with Crippen molar-refractivity contribution in [2.75, 3.05) is 0 Å².